The maximum atomic E-state index is 12.3. The summed E-state index contributed by atoms with van der Waals surface area (Å²) >= 11 is 0. The quantitative estimate of drug-likeness (QED) is 0.848. The largest absolute Gasteiger partial charge is 0.347 e. The molecule has 0 radical (unpaired) electrons. The zero-order valence-electron chi connectivity index (χ0n) is 12.2. The van der Waals surface area contributed by atoms with E-state index in [1.807, 2.05) is 20.8 Å². The Morgan fingerprint density at radius 1 is 1.35 bits per heavy atom. The van der Waals surface area contributed by atoms with E-state index in [2.05, 4.69) is 5.32 Å². The van der Waals surface area contributed by atoms with E-state index in [4.69, 9.17) is 10.7 Å². The van der Waals surface area contributed by atoms with Crippen LogP contribution in [0, 0.1) is 6.92 Å². The molecule has 1 aromatic rings. The Balaban J connectivity index is 3.10. The molecule has 6 heteroatoms. The fourth-order valence-corrected chi connectivity index (χ4v) is 2.84. The molecule has 1 rings (SSSR count). The predicted octanol–water partition coefficient (Wildman–Crippen LogP) is 3.23. The van der Waals surface area contributed by atoms with E-state index in [1.165, 1.54) is 12.1 Å². The van der Waals surface area contributed by atoms with Crippen LogP contribution in [0.5, 0.6) is 0 Å². The van der Waals surface area contributed by atoms with Gasteiger partial charge in [0, 0.05) is 21.8 Å². The summed E-state index contributed by atoms with van der Waals surface area (Å²) in [6.45, 7) is 7.67. The van der Waals surface area contributed by atoms with Gasteiger partial charge in [0.05, 0.1) is 4.90 Å². The second-order valence-corrected chi connectivity index (χ2v) is 8.07. The molecule has 0 aromatic heterocycles. The monoisotopic (exact) mass is 317 g/mol. The van der Waals surface area contributed by atoms with Crippen molar-refractivity contribution in [3.8, 4) is 0 Å². The molecule has 112 valence electrons. The number of benzene rings is 1. The lowest BCUT2D eigenvalue weighted by Crippen LogP contribution is -2.43. The first kappa shape index (κ1) is 17.0. The molecule has 0 aliphatic heterocycles. The Kier molecular flexibility index (Phi) is 5.21. The number of amides is 1. The van der Waals surface area contributed by atoms with Crippen molar-refractivity contribution in [2.45, 2.75) is 51.0 Å². The van der Waals surface area contributed by atoms with Crippen molar-refractivity contribution < 1.29 is 13.2 Å². The summed E-state index contributed by atoms with van der Waals surface area (Å²) in [4.78, 5) is 12.2. The maximum absolute atomic E-state index is 12.3. The van der Waals surface area contributed by atoms with E-state index in [0.717, 1.165) is 12.8 Å². The Morgan fingerprint density at radius 3 is 2.45 bits per heavy atom. The average Bonchev–Trinajstić information content (AvgIpc) is 2.26. The highest BCUT2D eigenvalue weighted by molar-refractivity contribution is 8.13. The van der Waals surface area contributed by atoms with Gasteiger partial charge in [-0.3, -0.25) is 4.79 Å². The van der Waals surface area contributed by atoms with Crippen LogP contribution in [-0.4, -0.2) is 19.9 Å². The van der Waals surface area contributed by atoms with Gasteiger partial charge in [-0.15, -0.1) is 0 Å². The second-order valence-electron chi connectivity index (χ2n) is 5.50. The maximum Gasteiger partial charge on any atom is 0.261 e. The zero-order valence-corrected chi connectivity index (χ0v) is 13.7. The van der Waals surface area contributed by atoms with Crippen molar-refractivity contribution in [1.29, 1.82) is 0 Å². The molecule has 1 aromatic carbocycles. The van der Waals surface area contributed by atoms with Gasteiger partial charge in [-0.2, -0.15) is 0 Å². The third kappa shape index (κ3) is 4.49. The number of rotatable bonds is 5. The molecule has 0 saturated heterocycles. The smallest absolute Gasteiger partial charge is 0.261 e. The normalized spacial score (nSPS) is 12.2. The molecule has 0 heterocycles. The Morgan fingerprint density at radius 2 is 1.95 bits per heavy atom. The lowest BCUT2D eigenvalue weighted by Gasteiger charge is -2.26. The van der Waals surface area contributed by atoms with Crippen LogP contribution in [0.15, 0.2) is 23.1 Å². The molecule has 1 N–H and O–H groups in total. The fraction of sp³-hybridized carbons (Fsp3) is 0.500. The summed E-state index contributed by atoms with van der Waals surface area (Å²) in [5, 5.41) is 2.92. The first-order valence-corrected chi connectivity index (χ1v) is 8.75. The van der Waals surface area contributed by atoms with Gasteiger partial charge in [0.25, 0.3) is 15.0 Å². The van der Waals surface area contributed by atoms with Gasteiger partial charge in [0.15, 0.2) is 0 Å². The molecular formula is C14H20ClNO3S. The van der Waals surface area contributed by atoms with Gasteiger partial charge in [-0.25, -0.2) is 8.42 Å². The number of hydrogen-bond acceptors (Lipinski definition) is 3. The number of carbonyl (C=O) groups excluding carboxylic acids is 1. The van der Waals surface area contributed by atoms with Crippen molar-refractivity contribution in [3.63, 3.8) is 0 Å². The minimum absolute atomic E-state index is 0.0665. The fourth-order valence-electron chi connectivity index (χ4n) is 2.06. The molecule has 0 aliphatic rings. The highest BCUT2D eigenvalue weighted by atomic mass is 35.7. The molecule has 0 bridgehead atoms. The third-order valence-corrected chi connectivity index (χ3v) is 4.41. The van der Waals surface area contributed by atoms with Crippen molar-refractivity contribution in [2.24, 2.45) is 0 Å². The Hall–Kier alpha value is -1.07. The zero-order chi connectivity index (χ0) is 15.6. The van der Waals surface area contributed by atoms with Gasteiger partial charge in [0.2, 0.25) is 0 Å². The molecule has 0 saturated carbocycles. The summed E-state index contributed by atoms with van der Waals surface area (Å²) in [6, 6.07) is 4.29. The van der Waals surface area contributed by atoms with Crippen LogP contribution in [0.2, 0.25) is 0 Å². The first-order valence-electron chi connectivity index (χ1n) is 6.44. The lowest BCUT2D eigenvalue weighted by atomic mass is 9.97. The van der Waals surface area contributed by atoms with Gasteiger partial charge in [-0.05, 0) is 44.9 Å². The van der Waals surface area contributed by atoms with E-state index in [-0.39, 0.29) is 16.3 Å². The number of hydrogen-bond donors (Lipinski definition) is 1. The third-order valence-electron chi connectivity index (χ3n) is 3.06. The molecule has 20 heavy (non-hydrogen) atoms. The summed E-state index contributed by atoms with van der Waals surface area (Å²) in [5.41, 5.74) is 0.698. The van der Waals surface area contributed by atoms with E-state index < -0.39 is 9.05 Å². The van der Waals surface area contributed by atoms with Crippen LogP contribution in [0.1, 0.15) is 49.5 Å². The molecule has 0 unspecified atom stereocenters. The summed E-state index contributed by atoms with van der Waals surface area (Å²) < 4.78 is 22.7. The van der Waals surface area contributed by atoms with E-state index >= 15 is 0 Å². The van der Waals surface area contributed by atoms with Crippen molar-refractivity contribution in [3.05, 3.63) is 29.3 Å². The topological polar surface area (TPSA) is 63.2 Å². The number of nitrogens with one attached hydrogen (secondary N) is 1. The predicted molar refractivity (Wildman–Crippen MR) is 80.7 cm³/mol. The minimum atomic E-state index is -3.84. The van der Waals surface area contributed by atoms with E-state index in [1.54, 1.807) is 13.0 Å². The van der Waals surface area contributed by atoms with Gasteiger partial charge in [0.1, 0.15) is 0 Å². The summed E-state index contributed by atoms with van der Waals surface area (Å²) in [6.07, 6.45) is 1.79. The van der Waals surface area contributed by atoms with Crippen LogP contribution in [0.4, 0.5) is 0 Å². The van der Waals surface area contributed by atoms with Gasteiger partial charge in [-0.1, -0.05) is 19.4 Å². The highest BCUT2D eigenvalue weighted by Crippen LogP contribution is 2.20. The number of carbonyl (C=O) groups is 1. The second kappa shape index (κ2) is 6.14. The molecule has 0 atom stereocenters. The van der Waals surface area contributed by atoms with Crippen molar-refractivity contribution >= 4 is 25.6 Å². The average molecular weight is 318 g/mol. The Labute approximate surface area is 124 Å². The van der Waals surface area contributed by atoms with Crippen LogP contribution < -0.4 is 5.32 Å². The molecule has 0 fully saturated rings. The van der Waals surface area contributed by atoms with E-state index in [0.29, 0.717) is 11.1 Å². The van der Waals surface area contributed by atoms with E-state index in [9.17, 15) is 13.2 Å². The van der Waals surface area contributed by atoms with Crippen molar-refractivity contribution in [2.75, 3.05) is 0 Å². The molecule has 4 nitrogen and oxygen atoms in total. The highest BCUT2D eigenvalue weighted by Gasteiger charge is 2.22. The lowest BCUT2D eigenvalue weighted by molar-refractivity contribution is 0.0908. The van der Waals surface area contributed by atoms with Crippen LogP contribution >= 0.6 is 10.7 Å². The molecular weight excluding hydrogens is 298 g/mol. The van der Waals surface area contributed by atoms with Crippen molar-refractivity contribution in [1.82, 2.24) is 5.32 Å². The summed E-state index contributed by atoms with van der Waals surface area (Å²) in [7, 11) is 1.47. The summed E-state index contributed by atoms with van der Waals surface area (Å²) in [5.74, 6) is -0.289. The first-order chi connectivity index (χ1) is 9.07. The molecule has 1 amide bonds. The van der Waals surface area contributed by atoms with Crippen LogP contribution in [-0.2, 0) is 9.05 Å². The SMILES string of the molecule is CCCC(C)(C)NC(=O)c1cc(S(=O)(=O)Cl)ccc1C. The van der Waals surface area contributed by atoms with Gasteiger partial charge < -0.3 is 5.32 Å². The van der Waals surface area contributed by atoms with Crippen LogP contribution in [0.25, 0.3) is 0 Å². The minimum Gasteiger partial charge on any atom is -0.347 e. The number of halogens is 1. The molecule has 0 spiro atoms. The van der Waals surface area contributed by atoms with Crippen LogP contribution in [0.3, 0.4) is 0 Å². The number of aryl methyl sites for hydroxylation is 1. The molecule has 0 aliphatic carbocycles. The van der Waals surface area contributed by atoms with Gasteiger partial charge >= 0.3 is 0 Å². The Bertz CT molecular complexity index is 609. The standard InChI is InChI=1S/C14H20ClNO3S/c1-5-8-14(3,4)16-13(17)12-9-11(20(15,18)19)7-6-10(12)2/h6-7,9H,5,8H2,1-4H3,(H,16,17).